The van der Waals surface area contributed by atoms with Gasteiger partial charge < -0.3 is 10.1 Å². The highest BCUT2D eigenvalue weighted by molar-refractivity contribution is 6.10. The van der Waals surface area contributed by atoms with E-state index < -0.39 is 0 Å². The number of carbonyl (C=O) groups is 2. The van der Waals surface area contributed by atoms with Crippen molar-refractivity contribution in [1.29, 1.82) is 0 Å². The van der Waals surface area contributed by atoms with E-state index in [9.17, 15) is 9.59 Å². The van der Waals surface area contributed by atoms with Crippen LogP contribution in [0.5, 0.6) is 5.75 Å². The molecule has 3 aromatic rings. The number of rotatable bonds is 7. The van der Waals surface area contributed by atoms with E-state index in [0.717, 1.165) is 12.0 Å². The monoisotopic (exact) mass is 360 g/mol. The molecule has 0 unspecified atom stereocenters. The third-order valence-electron chi connectivity index (χ3n) is 4.07. The van der Waals surface area contributed by atoms with Crippen LogP contribution in [0.1, 0.15) is 28.4 Å². The lowest BCUT2D eigenvalue weighted by molar-refractivity contribution is -0.118. The number of pyridine rings is 1. The molecule has 0 spiro atoms. The Hall–Kier alpha value is -3.47. The van der Waals surface area contributed by atoms with Gasteiger partial charge in [0.05, 0.1) is 11.9 Å². The molecular formula is C22H20N2O3. The average Bonchev–Trinajstić information content (AvgIpc) is 2.73. The molecule has 0 saturated heterocycles. The van der Waals surface area contributed by atoms with Crippen LogP contribution in [0.2, 0.25) is 0 Å². The third-order valence-corrected chi connectivity index (χ3v) is 4.07. The van der Waals surface area contributed by atoms with Gasteiger partial charge in [-0.3, -0.25) is 14.6 Å². The van der Waals surface area contributed by atoms with Crippen molar-refractivity contribution in [3.63, 3.8) is 0 Å². The van der Waals surface area contributed by atoms with Gasteiger partial charge >= 0.3 is 0 Å². The van der Waals surface area contributed by atoms with E-state index in [1.807, 2.05) is 31.2 Å². The van der Waals surface area contributed by atoms with Crippen LogP contribution >= 0.6 is 0 Å². The average molecular weight is 360 g/mol. The van der Waals surface area contributed by atoms with E-state index in [0.29, 0.717) is 22.6 Å². The molecule has 5 nitrogen and oxygen atoms in total. The van der Waals surface area contributed by atoms with E-state index in [1.165, 1.54) is 0 Å². The maximum absolute atomic E-state index is 12.7. The quantitative estimate of drug-likeness (QED) is 0.649. The zero-order chi connectivity index (χ0) is 19.1. The second kappa shape index (κ2) is 8.76. The van der Waals surface area contributed by atoms with Crippen molar-refractivity contribution in [3.8, 4) is 5.75 Å². The highest BCUT2D eigenvalue weighted by atomic mass is 16.5. The Balaban J connectivity index is 1.60. The van der Waals surface area contributed by atoms with Crippen LogP contribution < -0.4 is 10.1 Å². The second-order valence-electron chi connectivity index (χ2n) is 5.94. The topological polar surface area (TPSA) is 68.3 Å². The van der Waals surface area contributed by atoms with Crippen molar-refractivity contribution in [2.24, 2.45) is 0 Å². The number of ether oxygens (including phenoxy) is 1. The van der Waals surface area contributed by atoms with Gasteiger partial charge in [0, 0.05) is 17.3 Å². The fourth-order valence-corrected chi connectivity index (χ4v) is 2.69. The first kappa shape index (κ1) is 18.3. The van der Waals surface area contributed by atoms with Crippen molar-refractivity contribution >= 4 is 17.4 Å². The first-order valence-corrected chi connectivity index (χ1v) is 8.72. The molecule has 1 aromatic heterocycles. The molecule has 0 saturated carbocycles. The van der Waals surface area contributed by atoms with Crippen LogP contribution in [-0.2, 0) is 11.2 Å². The Labute approximate surface area is 158 Å². The molecular weight excluding hydrogens is 340 g/mol. The van der Waals surface area contributed by atoms with Crippen LogP contribution in [0.25, 0.3) is 0 Å². The van der Waals surface area contributed by atoms with E-state index in [4.69, 9.17) is 4.74 Å². The van der Waals surface area contributed by atoms with E-state index >= 15 is 0 Å². The molecule has 2 aromatic carbocycles. The third kappa shape index (κ3) is 4.79. The summed E-state index contributed by atoms with van der Waals surface area (Å²) < 4.78 is 5.48. The normalized spacial score (nSPS) is 10.3. The maximum atomic E-state index is 12.7. The number of carbonyl (C=O) groups excluding carboxylic acids is 2. The van der Waals surface area contributed by atoms with Crippen LogP contribution in [-0.4, -0.2) is 23.3 Å². The van der Waals surface area contributed by atoms with Crippen molar-refractivity contribution in [2.75, 3.05) is 11.9 Å². The van der Waals surface area contributed by atoms with E-state index in [1.54, 1.807) is 48.8 Å². The summed E-state index contributed by atoms with van der Waals surface area (Å²) >= 11 is 0. The molecule has 0 aliphatic carbocycles. The molecule has 1 N–H and O–H groups in total. The van der Waals surface area contributed by atoms with Gasteiger partial charge in [-0.2, -0.15) is 0 Å². The van der Waals surface area contributed by atoms with Crippen molar-refractivity contribution in [2.45, 2.75) is 13.3 Å². The second-order valence-corrected chi connectivity index (χ2v) is 5.94. The Bertz CT molecular complexity index is 922. The highest BCUT2D eigenvalue weighted by Gasteiger charge is 2.12. The van der Waals surface area contributed by atoms with Gasteiger partial charge in [-0.15, -0.1) is 0 Å². The first-order chi connectivity index (χ1) is 13.2. The van der Waals surface area contributed by atoms with Crippen molar-refractivity contribution in [3.05, 3.63) is 89.7 Å². The molecule has 0 aliphatic rings. The van der Waals surface area contributed by atoms with Crippen LogP contribution in [0.15, 0.2) is 73.1 Å². The summed E-state index contributed by atoms with van der Waals surface area (Å²) in [5.74, 6) is 0.227. The van der Waals surface area contributed by atoms with Gasteiger partial charge in [0.15, 0.2) is 12.4 Å². The summed E-state index contributed by atoms with van der Waals surface area (Å²) in [5, 5.41) is 2.70. The van der Waals surface area contributed by atoms with Crippen molar-refractivity contribution < 1.29 is 14.3 Å². The maximum Gasteiger partial charge on any atom is 0.262 e. The zero-order valence-electron chi connectivity index (χ0n) is 15.0. The molecule has 5 heteroatoms. The highest BCUT2D eigenvalue weighted by Crippen LogP contribution is 2.18. The zero-order valence-corrected chi connectivity index (χ0v) is 15.0. The van der Waals surface area contributed by atoms with Crippen LogP contribution in [0, 0.1) is 0 Å². The Morgan fingerprint density at radius 1 is 1.00 bits per heavy atom. The number of aromatic nitrogens is 1. The van der Waals surface area contributed by atoms with Gasteiger partial charge in [0.25, 0.3) is 5.91 Å². The molecule has 136 valence electrons. The molecule has 0 aliphatic heterocycles. The molecule has 3 rings (SSSR count). The summed E-state index contributed by atoms with van der Waals surface area (Å²) in [6.07, 6.45) is 4.00. The Morgan fingerprint density at radius 2 is 1.78 bits per heavy atom. The minimum absolute atomic E-state index is 0.0201. The predicted octanol–water partition coefficient (Wildman–Crippen LogP) is 3.89. The first-order valence-electron chi connectivity index (χ1n) is 8.72. The van der Waals surface area contributed by atoms with Gasteiger partial charge in [-0.1, -0.05) is 31.2 Å². The Kier molecular flexibility index (Phi) is 5.94. The lowest BCUT2D eigenvalue weighted by atomic mass is 9.97. The lowest BCUT2D eigenvalue weighted by Crippen LogP contribution is -2.20. The predicted molar refractivity (Wildman–Crippen MR) is 104 cm³/mol. The molecule has 1 amide bonds. The molecule has 0 bridgehead atoms. The number of nitrogens with zero attached hydrogens (tertiary/aromatic N) is 1. The molecule has 0 atom stereocenters. The number of ketones is 1. The standard InChI is InChI=1S/C22H20N2O3/c1-2-16-6-3-4-8-20(16)22(26)17-9-11-19(12-10-17)27-15-21(25)24-18-7-5-13-23-14-18/h3-14H,2,15H2,1H3,(H,24,25). The number of hydrogen-bond acceptors (Lipinski definition) is 4. The summed E-state index contributed by atoms with van der Waals surface area (Å²) in [4.78, 5) is 28.5. The molecule has 1 heterocycles. The summed E-state index contributed by atoms with van der Waals surface area (Å²) in [7, 11) is 0. The Morgan fingerprint density at radius 3 is 2.48 bits per heavy atom. The lowest BCUT2D eigenvalue weighted by Gasteiger charge is -2.09. The number of hydrogen-bond donors (Lipinski definition) is 1. The van der Waals surface area contributed by atoms with Gasteiger partial charge in [-0.25, -0.2) is 0 Å². The number of benzene rings is 2. The summed E-state index contributed by atoms with van der Waals surface area (Å²) in [6, 6.07) is 17.9. The van der Waals surface area contributed by atoms with Crippen LogP contribution in [0.3, 0.4) is 0 Å². The number of aryl methyl sites for hydroxylation is 1. The molecule has 0 radical (unpaired) electrons. The fraction of sp³-hybridized carbons (Fsp3) is 0.136. The van der Waals surface area contributed by atoms with E-state index in [-0.39, 0.29) is 18.3 Å². The largest absolute Gasteiger partial charge is 0.484 e. The number of anilines is 1. The smallest absolute Gasteiger partial charge is 0.262 e. The summed E-state index contributed by atoms with van der Waals surface area (Å²) in [5.41, 5.74) is 2.93. The number of nitrogens with one attached hydrogen (secondary N) is 1. The minimum atomic E-state index is -0.278. The molecule has 27 heavy (non-hydrogen) atoms. The van der Waals surface area contributed by atoms with Crippen molar-refractivity contribution in [1.82, 2.24) is 4.98 Å². The molecule has 0 fully saturated rings. The summed E-state index contributed by atoms with van der Waals surface area (Å²) in [6.45, 7) is 1.90. The van der Waals surface area contributed by atoms with Gasteiger partial charge in [-0.05, 0) is 48.4 Å². The van der Waals surface area contributed by atoms with Crippen LogP contribution in [0.4, 0.5) is 5.69 Å². The van der Waals surface area contributed by atoms with E-state index in [2.05, 4.69) is 10.3 Å². The fourth-order valence-electron chi connectivity index (χ4n) is 2.69. The van der Waals surface area contributed by atoms with Gasteiger partial charge in [0.2, 0.25) is 0 Å². The SMILES string of the molecule is CCc1ccccc1C(=O)c1ccc(OCC(=O)Nc2cccnc2)cc1. The number of amides is 1. The van der Waals surface area contributed by atoms with Gasteiger partial charge in [0.1, 0.15) is 5.75 Å². The minimum Gasteiger partial charge on any atom is -0.484 e.